The monoisotopic (exact) mass is 460 g/mol. The molecule has 1 N–H and O–H groups in total. The molecule has 0 saturated heterocycles. The van der Waals surface area contributed by atoms with E-state index in [2.05, 4.69) is 20.5 Å². The molecule has 9 nitrogen and oxygen atoms in total. The van der Waals surface area contributed by atoms with Gasteiger partial charge >= 0.3 is 5.97 Å². The average Bonchev–Trinajstić information content (AvgIpc) is 3.48. The fourth-order valence-corrected chi connectivity index (χ4v) is 3.67. The molecule has 0 spiro atoms. The van der Waals surface area contributed by atoms with Crippen molar-refractivity contribution in [2.75, 3.05) is 5.01 Å². The number of hydrogen-bond donors (Lipinski definition) is 1. The number of carbonyl (C=O) groups excluding carboxylic acids is 2. The summed E-state index contributed by atoms with van der Waals surface area (Å²) < 4.78 is 7.32. The molecule has 0 bridgehead atoms. The Balaban J connectivity index is 1.48. The van der Waals surface area contributed by atoms with Gasteiger partial charge in [-0.15, -0.1) is 0 Å². The Bertz CT molecular complexity index is 1170. The maximum absolute atomic E-state index is 13.0. The average molecular weight is 461 g/mol. The Morgan fingerprint density at radius 1 is 1.06 bits per heavy atom. The fraction of sp³-hybridized carbons (Fsp3) is 0.320. The third kappa shape index (κ3) is 5.67. The minimum absolute atomic E-state index is 0.163. The molecule has 1 aliphatic heterocycles. The summed E-state index contributed by atoms with van der Waals surface area (Å²) in [6.45, 7) is 6.33. The number of hydrazone groups is 1. The van der Waals surface area contributed by atoms with Crippen molar-refractivity contribution < 1.29 is 14.3 Å². The number of rotatable bonds is 7. The van der Waals surface area contributed by atoms with Crippen LogP contribution >= 0.6 is 0 Å². The maximum atomic E-state index is 13.0. The van der Waals surface area contributed by atoms with Crippen molar-refractivity contribution in [3.05, 3.63) is 78.4 Å². The number of carbonyl (C=O) groups is 2. The van der Waals surface area contributed by atoms with E-state index in [-0.39, 0.29) is 18.0 Å². The highest BCUT2D eigenvalue weighted by Gasteiger charge is 2.38. The molecular formula is C25H28N6O3. The van der Waals surface area contributed by atoms with Gasteiger partial charge in [0.2, 0.25) is 0 Å². The third-order valence-electron chi connectivity index (χ3n) is 5.23. The summed E-state index contributed by atoms with van der Waals surface area (Å²) in [4.78, 5) is 29.9. The van der Waals surface area contributed by atoms with Crippen LogP contribution in [0.5, 0.6) is 0 Å². The van der Waals surface area contributed by atoms with Crippen molar-refractivity contribution >= 4 is 23.3 Å². The summed E-state index contributed by atoms with van der Waals surface area (Å²) in [5.74, 6) is -0.733. The molecule has 1 atom stereocenters. The number of hydrogen-bond acceptors (Lipinski definition) is 7. The lowest BCUT2D eigenvalue weighted by atomic mass is 10.1. The zero-order valence-corrected chi connectivity index (χ0v) is 19.5. The van der Waals surface area contributed by atoms with E-state index in [9.17, 15) is 9.59 Å². The van der Waals surface area contributed by atoms with E-state index in [0.29, 0.717) is 13.1 Å². The number of benzene rings is 2. The van der Waals surface area contributed by atoms with Crippen LogP contribution in [0.1, 0.15) is 38.3 Å². The van der Waals surface area contributed by atoms with Crippen LogP contribution in [0.2, 0.25) is 0 Å². The molecule has 3 aromatic rings. The molecule has 34 heavy (non-hydrogen) atoms. The number of anilines is 1. The van der Waals surface area contributed by atoms with Crippen LogP contribution < -0.4 is 10.3 Å². The van der Waals surface area contributed by atoms with E-state index in [1.54, 1.807) is 16.0 Å². The van der Waals surface area contributed by atoms with Gasteiger partial charge in [-0.05, 0) is 44.0 Å². The molecule has 9 heteroatoms. The highest BCUT2D eigenvalue weighted by molar-refractivity contribution is 6.40. The number of nitrogens with zero attached hydrogens (tertiary/aromatic N) is 5. The van der Waals surface area contributed by atoms with Crippen molar-refractivity contribution in [2.45, 2.75) is 51.9 Å². The van der Waals surface area contributed by atoms with Gasteiger partial charge in [0.15, 0.2) is 6.04 Å². The Labute approximate surface area is 198 Å². The number of amides is 1. The van der Waals surface area contributed by atoms with Gasteiger partial charge in [0, 0.05) is 13.0 Å². The predicted molar refractivity (Wildman–Crippen MR) is 128 cm³/mol. The van der Waals surface area contributed by atoms with E-state index in [1.165, 1.54) is 6.33 Å². The van der Waals surface area contributed by atoms with Crippen molar-refractivity contribution in [3.63, 3.8) is 0 Å². The molecule has 1 unspecified atom stereocenters. The quantitative estimate of drug-likeness (QED) is 0.544. The normalized spacial score (nSPS) is 15.7. The highest BCUT2D eigenvalue weighted by atomic mass is 16.6. The number of esters is 1. The minimum atomic E-state index is -0.707. The zero-order valence-electron chi connectivity index (χ0n) is 19.5. The van der Waals surface area contributed by atoms with Crippen molar-refractivity contribution in [1.29, 1.82) is 0 Å². The fourth-order valence-electron chi connectivity index (χ4n) is 3.67. The second kappa shape index (κ2) is 9.86. The Morgan fingerprint density at radius 3 is 2.44 bits per heavy atom. The van der Waals surface area contributed by atoms with Crippen LogP contribution in [0.25, 0.3) is 0 Å². The van der Waals surface area contributed by atoms with Crippen molar-refractivity contribution in [3.8, 4) is 0 Å². The second-order valence-corrected chi connectivity index (χ2v) is 9.02. The lowest BCUT2D eigenvalue weighted by Gasteiger charge is -2.26. The van der Waals surface area contributed by atoms with Crippen LogP contribution in [-0.2, 0) is 27.4 Å². The maximum Gasteiger partial charge on any atom is 0.331 e. The van der Waals surface area contributed by atoms with Gasteiger partial charge in [0.1, 0.15) is 24.0 Å². The van der Waals surface area contributed by atoms with Crippen LogP contribution in [0.15, 0.2) is 72.4 Å². The van der Waals surface area contributed by atoms with Crippen LogP contribution in [0.4, 0.5) is 5.69 Å². The van der Waals surface area contributed by atoms with Crippen molar-refractivity contribution in [2.24, 2.45) is 5.10 Å². The molecule has 4 rings (SSSR count). The van der Waals surface area contributed by atoms with E-state index in [0.717, 1.165) is 16.8 Å². The summed E-state index contributed by atoms with van der Waals surface area (Å²) in [5.41, 5.74) is 2.36. The molecule has 0 aliphatic carbocycles. The largest absolute Gasteiger partial charge is 0.458 e. The van der Waals surface area contributed by atoms with Gasteiger partial charge in [-0.1, -0.05) is 42.5 Å². The molecule has 0 fully saturated rings. The molecule has 176 valence electrons. The molecular weight excluding hydrogens is 432 g/mol. The van der Waals surface area contributed by atoms with Gasteiger partial charge < -0.3 is 10.1 Å². The Hall–Kier alpha value is -4.01. The van der Waals surface area contributed by atoms with E-state index in [4.69, 9.17) is 4.74 Å². The summed E-state index contributed by atoms with van der Waals surface area (Å²) in [6, 6.07) is 16.4. The van der Waals surface area contributed by atoms with E-state index in [1.807, 2.05) is 75.4 Å². The van der Waals surface area contributed by atoms with Crippen LogP contribution in [0, 0.1) is 0 Å². The second-order valence-electron chi connectivity index (χ2n) is 9.02. The lowest BCUT2D eigenvalue weighted by Crippen LogP contribution is -2.40. The molecule has 1 amide bonds. The SMILES string of the molecule is CC(C)(C)OC(=O)C1CC(C(=O)NCc2ccccc2Cn2cncn2)=NN1c1ccccc1. The third-order valence-corrected chi connectivity index (χ3v) is 5.23. The molecule has 2 heterocycles. The Morgan fingerprint density at radius 2 is 1.76 bits per heavy atom. The van der Waals surface area contributed by atoms with Gasteiger partial charge in [0.25, 0.3) is 5.91 Å². The first-order chi connectivity index (χ1) is 16.3. The molecule has 0 saturated carbocycles. The minimum Gasteiger partial charge on any atom is -0.458 e. The first-order valence-corrected chi connectivity index (χ1v) is 11.1. The van der Waals surface area contributed by atoms with Crippen molar-refractivity contribution in [1.82, 2.24) is 20.1 Å². The van der Waals surface area contributed by atoms with E-state index >= 15 is 0 Å². The number of aromatic nitrogens is 3. The van der Waals surface area contributed by atoms with Crippen LogP contribution in [0.3, 0.4) is 0 Å². The summed E-state index contributed by atoms with van der Waals surface area (Å²) in [7, 11) is 0. The number of para-hydroxylation sites is 1. The first kappa shape index (κ1) is 23.2. The van der Waals surface area contributed by atoms with E-state index < -0.39 is 17.6 Å². The topological polar surface area (TPSA) is 102 Å². The standard InChI is InChI=1S/C25H28N6O3/c1-25(2,3)34-24(33)22-13-21(29-31(22)20-11-5-4-6-12-20)23(32)27-14-18-9-7-8-10-19(18)15-30-17-26-16-28-30/h4-12,16-17,22H,13-15H2,1-3H3,(H,27,32). The van der Waals surface area contributed by atoms with Gasteiger partial charge in [0.05, 0.1) is 12.2 Å². The molecule has 1 aromatic heterocycles. The molecule has 0 radical (unpaired) electrons. The number of ether oxygens (including phenoxy) is 1. The Kier molecular flexibility index (Phi) is 6.72. The van der Waals surface area contributed by atoms with Crippen LogP contribution in [-0.4, -0.2) is 44.0 Å². The highest BCUT2D eigenvalue weighted by Crippen LogP contribution is 2.26. The molecule has 1 aliphatic rings. The zero-order chi connectivity index (χ0) is 24.1. The summed E-state index contributed by atoms with van der Waals surface area (Å²) in [5, 5.41) is 13.2. The summed E-state index contributed by atoms with van der Waals surface area (Å²) >= 11 is 0. The van der Waals surface area contributed by atoms with Gasteiger partial charge in [-0.3, -0.25) is 9.80 Å². The summed E-state index contributed by atoms with van der Waals surface area (Å²) in [6.07, 6.45) is 3.30. The lowest BCUT2D eigenvalue weighted by molar-refractivity contribution is -0.156. The van der Waals surface area contributed by atoms with Gasteiger partial charge in [-0.25, -0.2) is 14.5 Å². The number of nitrogens with one attached hydrogen (secondary N) is 1. The predicted octanol–water partition coefficient (Wildman–Crippen LogP) is 2.92. The first-order valence-electron chi connectivity index (χ1n) is 11.1. The molecule has 2 aromatic carbocycles. The van der Waals surface area contributed by atoms with Gasteiger partial charge in [-0.2, -0.15) is 10.2 Å². The smallest absolute Gasteiger partial charge is 0.331 e.